The van der Waals surface area contributed by atoms with E-state index in [2.05, 4.69) is 17.0 Å². The van der Waals surface area contributed by atoms with Crippen molar-refractivity contribution in [3.8, 4) is 0 Å². The molecule has 1 atom stereocenters. The van der Waals surface area contributed by atoms with Gasteiger partial charge in [0.15, 0.2) is 0 Å². The standard InChI is InChI=1S/C21H31NO4.ClH/c1-2-25-20(23)21(18-7-4-3-5-8-18)10-12-22(13-11-21)14-16-24-17-19-9-6-15-26-19;/h3-5,7-8,19H,2,6,9-17H2,1H3;1H/t19-;/m0./s1. The molecule has 0 saturated carbocycles. The molecule has 2 aliphatic heterocycles. The maximum Gasteiger partial charge on any atom is 0.316 e. The predicted molar refractivity (Wildman–Crippen MR) is 107 cm³/mol. The fraction of sp³-hybridized carbons (Fsp3) is 0.667. The Labute approximate surface area is 168 Å². The zero-order chi connectivity index (χ0) is 18.2. The van der Waals surface area contributed by atoms with Crippen molar-refractivity contribution in [1.82, 2.24) is 4.90 Å². The lowest BCUT2D eigenvalue weighted by atomic mass is 9.72. The highest BCUT2D eigenvalue weighted by Gasteiger charge is 2.44. The van der Waals surface area contributed by atoms with Crippen molar-refractivity contribution in [2.75, 3.05) is 46.1 Å². The molecule has 0 N–H and O–H groups in total. The molecule has 2 heterocycles. The summed E-state index contributed by atoms with van der Waals surface area (Å²) in [5.41, 5.74) is 0.569. The number of carbonyl (C=O) groups is 1. The maximum atomic E-state index is 12.8. The van der Waals surface area contributed by atoms with Crippen molar-refractivity contribution in [2.24, 2.45) is 0 Å². The van der Waals surface area contributed by atoms with Crippen molar-refractivity contribution in [2.45, 2.75) is 44.1 Å². The van der Waals surface area contributed by atoms with Crippen molar-refractivity contribution < 1.29 is 19.0 Å². The van der Waals surface area contributed by atoms with E-state index < -0.39 is 5.41 Å². The minimum atomic E-state index is -0.508. The molecule has 3 rings (SSSR count). The molecular formula is C21H32ClNO4. The fourth-order valence-corrected chi connectivity index (χ4v) is 3.98. The van der Waals surface area contributed by atoms with Gasteiger partial charge >= 0.3 is 5.97 Å². The molecule has 0 aliphatic carbocycles. The van der Waals surface area contributed by atoms with Crippen LogP contribution in [0.2, 0.25) is 0 Å². The smallest absolute Gasteiger partial charge is 0.316 e. The van der Waals surface area contributed by atoms with Crippen LogP contribution in [-0.2, 0) is 24.4 Å². The van der Waals surface area contributed by atoms with Crippen LogP contribution >= 0.6 is 12.4 Å². The summed E-state index contributed by atoms with van der Waals surface area (Å²) >= 11 is 0. The van der Waals surface area contributed by atoms with Crippen LogP contribution in [0.3, 0.4) is 0 Å². The van der Waals surface area contributed by atoms with Gasteiger partial charge in [-0.05, 0) is 51.3 Å². The average molecular weight is 398 g/mol. The predicted octanol–water partition coefficient (Wildman–Crippen LogP) is 3.20. The Morgan fingerprint density at radius 2 is 2.00 bits per heavy atom. The Balaban J connectivity index is 0.00000261. The van der Waals surface area contributed by atoms with Gasteiger partial charge in [0.25, 0.3) is 0 Å². The number of likely N-dealkylation sites (tertiary alicyclic amines) is 1. The van der Waals surface area contributed by atoms with Gasteiger partial charge < -0.3 is 19.1 Å². The Hall–Kier alpha value is -1.14. The molecule has 0 amide bonds. The monoisotopic (exact) mass is 397 g/mol. The summed E-state index contributed by atoms with van der Waals surface area (Å²) < 4.78 is 16.8. The molecular weight excluding hydrogens is 366 g/mol. The Bertz CT molecular complexity index is 555. The molecule has 0 spiro atoms. The van der Waals surface area contributed by atoms with E-state index in [4.69, 9.17) is 14.2 Å². The van der Waals surface area contributed by atoms with Gasteiger partial charge in [-0.15, -0.1) is 12.4 Å². The molecule has 5 nitrogen and oxygen atoms in total. The van der Waals surface area contributed by atoms with Crippen LogP contribution in [0.5, 0.6) is 0 Å². The lowest BCUT2D eigenvalue weighted by Gasteiger charge is -2.40. The summed E-state index contributed by atoms with van der Waals surface area (Å²) in [6.07, 6.45) is 4.13. The number of piperidine rings is 1. The summed E-state index contributed by atoms with van der Waals surface area (Å²) in [6, 6.07) is 10.1. The summed E-state index contributed by atoms with van der Waals surface area (Å²) in [4.78, 5) is 15.1. The molecule has 2 aliphatic rings. The number of hydrogen-bond acceptors (Lipinski definition) is 5. The van der Waals surface area contributed by atoms with Crippen molar-refractivity contribution in [3.05, 3.63) is 35.9 Å². The zero-order valence-electron chi connectivity index (χ0n) is 16.2. The van der Waals surface area contributed by atoms with Gasteiger partial charge in [0.05, 0.1) is 31.3 Å². The number of hydrogen-bond donors (Lipinski definition) is 0. The fourth-order valence-electron chi connectivity index (χ4n) is 3.98. The first-order valence-electron chi connectivity index (χ1n) is 9.89. The lowest BCUT2D eigenvalue weighted by Crippen LogP contribution is -2.48. The highest BCUT2D eigenvalue weighted by atomic mass is 35.5. The first-order valence-corrected chi connectivity index (χ1v) is 9.89. The normalized spacial score (nSPS) is 22.2. The third kappa shape index (κ3) is 5.67. The van der Waals surface area contributed by atoms with Crippen molar-refractivity contribution >= 4 is 18.4 Å². The van der Waals surface area contributed by atoms with Gasteiger partial charge in [0.1, 0.15) is 0 Å². The number of benzene rings is 1. The van der Waals surface area contributed by atoms with E-state index in [9.17, 15) is 4.79 Å². The minimum Gasteiger partial charge on any atom is -0.465 e. The maximum absolute atomic E-state index is 12.8. The van der Waals surface area contributed by atoms with Crippen LogP contribution in [-0.4, -0.2) is 63.0 Å². The largest absolute Gasteiger partial charge is 0.465 e. The number of esters is 1. The topological polar surface area (TPSA) is 48.0 Å². The zero-order valence-corrected chi connectivity index (χ0v) is 17.0. The summed E-state index contributed by atoms with van der Waals surface area (Å²) in [5.74, 6) is -0.0829. The SMILES string of the molecule is CCOC(=O)C1(c2ccccc2)CCN(CCOC[C@@H]2CCCO2)CC1.Cl. The molecule has 2 saturated heterocycles. The third-order valence-electron chi connectivity index (χ3n) is 5.58. The van der Waals surface area contributed by atoms with Crippen LogP contribution in [0.25, 0.3) is 0 Å². The molecule has 0 bridgehead atoms. The van der Waals surface area contributed by atoms with Crippen molar-refractivity contribution in [1.29, 1.82) is 0 Å². The first-order chi connectivity index (χ1) is 12.7. The number of halogens is 1. The molecule has 0 unspecified atom stereocenters. The first kappa shape index (κ1) is 22.2. The number of rotatable bonds is 8. The minimum absolute atomic E-state index is 0. The van der Waals surface area contributed by atoms with E-state index in [0.717, 1.165) is 64.1 Å². The summed E-state index contributed by atoms with van der Waals surface area (Å²) in [7, 11) is 0. The van der Waals surface area contributed by atoms with Gasteiger partial charge in [0.2, 0.25) is 0 Å². The van der Waals surface area contributed by atoms with E-state index in [1.54, 1.807) is 0 Å². The third-order valence-corrected chi connectivity index (χ3v) is 5.58. The van der Waals surface area contributed by atoms with Crippen LogP contribution < -0.4 is 0 Å². The van der Waals surface area contributed by atoms with Gasteiger partial charge in [-0.25, -0.2) is 0 Å². The Morgan fingerprint density at radius 1 is 1.26 bits per heavy atom. The van der Waals surface area contributed by atoms with Gasteiger partial charge in [-0.3, -0.25) is 4.79 Å². The highest BCUT2D eigenvalue weighted by molar-refractivity contribution is 5.85. The molecule has 0 radical (unpaired) electrons. The van der Waals surface area contributed by atoms with E-state index in [1.807, 2.05) is 25.1 Å². The summed E-state index contributed by atoms with van der Waals surface area (Å²) in [6.45, 7) is 7.26. The van der Waals surface area contributed by atoms with Crippen LogP contribution in [0.15, 0.2) is 30.3 Å². The number of nitrogens with zero attached hydrogens (tertiary/aromatic N) is 1. The highest BCUT2D eigenvalue weighted by Crippen LogP contribution is 2.36. The van der Waals surface area contributed by atoms with E-state index in [1.165, 1.54) is 0 Å². The van der Waals surface area contributed by atoms with Crippen LogP contribution in [0, 0.1) is 0 Å². The van der Waals surface area contributed by atoms with Gasteiger partial charge in [-0.2, -0.15) is 0 Å². The van der Waals surface area contributed by atoms with Crippen LogP contribution in [0.4, 0.5) is 0 Å². The van der Waals surface area contributed by atoms with Gasteiger partial charge in [-0.1, -0.05) is 30.3 Å². The lowest BCUT2D eigenvalue weighted by molar-refractivity contribution is -0.152. The number of ether oxygens (including phenoxy) is 3. The van der Waals surface area contributed by atoms with E-state index in [0.29, 0.717) is 13.2 Å². The molecule has 6 heteroatoms. The van der Waals surface area contributed by atoms with E-state index in [-0.39, 0.29) is 24.5 Å². The molecule has 152 valence electrons. The quantitative estimate of drug-likeness (QED) is 0.498. The number of carbonyl (C=O) groups excluding carboxylic acids is 1. The second-order valence-electron chi connectivity index (χ2n) is 7.22. The Kier molecular flexibility index (Phi) is 9.03. The molecule has 27 heavy (non-hydrogen) atoms. The van der Waals surface area contributed by atoms with Crippen LogP contribution in [0.1, 0.15) is 38.2 Å². The summed E-state index contributed by atoms with van der Waals surface area (Å²) in [5, 5.41) is 0. The molecule has 1 aromatic carbocycles. The second kappa shape index (κ2) is 11.0. The van der Waals surface area contributed by atoms with E-state index >= 15 is 0 Å². The molecule has 0 aromatic heterocycles. The molecule has 2 fully saturated rings. The average Bonchev–Trinajstić information content (AvgIpc) is 3.20. The Morgan fingerprint density at radius 3 is 2.63 bits per heavy atom. The van der Waals surface area contributed by atoms with Gasteiger partial charge in [0, 0.05) is 13.2 Å². The second-order valence-corrected chi connectivity index (χ2v) is 7.22. The molecule has 1 aromatic rings. The van der Waals surface area contributed by atoms with Crippen molar-refractivity contribution in [3.63, 3.8) is 0 Å².